The van der Waals surface area contributed by atoms with Gasteiger partial charge in [0, 0.05) is 11.6 Å². The Hall–Kier alpha value is -1.51. The molecule has 2 aromatic rings. The molecule has 0 radical (unpaired) electrons. The van der Waals surface area contributed by atoms with Crippen molar-refractivity contribution in [3.05, 3.63) is 41.6 Å². The van der Waals surface area contributed by atoms with E-state index in [0.29, 0.717) is 11.3 Å². The van der Waals surface area contributed by atoms with E-state index in [1.54, 1.807) is 12.3 Å². The Morgan fingerprint density at radius 2 is 1.93 bits per heavy atom. The van der Waals surface area contributed by atoms with Crippen LogP contribution in [0.4, 0.5) is 8.78 Å². The van der Waals surface area contributed by atoms with E-state index in [0.717, 1.165) is 11.6 Å². The molecule has 0 fully saturated rings. The molecule has 0 amide bonds. The van der Waals surface area contributed by atoms with Gasteiger partial charge < -0.3 is 0 Å². The fraction of sp³-hybridized carbons (Fsp3) is 0.250. The maximum absolute atomic E-state index is 13.3. The SMILES string of the molecule is CC(C)c1cnc2c(F)c(F)ccc2c1. The van der Waals surface area contributed by atoms with Gasteiger partial charge in [0.05, 0.1) is 0 Å². The zero-order chi connectivity index (χ0) is 11.0. The summed E-state index contributed by atoms with van der Waals surface area (Å²) in [5.41, 5.74) is 1.12. The summed E-state index contributed by atoms with van der Waals surface area (Å²) in [6.07, 6.45) is 1.59. The van der Waals surface area contributed by atoms with Gasteiger partial charge in [-0.25, -0.2) is 8.78 Å². The minimum Gasteiger partial charge on any atom is -0.253 e. The molecule has 78 valence electrons. The quantitative estimate of drug-likeness (QED) is 0.695. The van der Waals surface area contributed by atoms with Gasteiger partial charge in [0.15, 0.2) is 11.6 Å². The second kappa shape index (κ2) is 3.57. The van der Waals surface area contributed by atoms with Crippen molar-refractivity contribution in [1.82, 2.24) is 4.98 Å². The molecule has 0 atom stereocenters. The average molecular weight is 207 g/mol. The van der Waals surface area contributed by atoms with Crippen molar-refractivity contribution in [3.8, 4) is 0 Å². The van der Waals surface area contributed by atoms with Gasteiger partial charge in [-0.05, 0) is 29.7 Å². The lowest BCUT2D eigenvalue weighted by molar-refractivity contribution is 0.515. The molecule has 0 N–H and O–H groups in total. The molecular weight excluding hydrogens is 196 g/mol. The van der Waals surface area contributed by atoms with Crippen LogP contribution in [0.2, 0.25) is 0 Å². The van der Waals surface area contributed by atoms with Gasteiger partial charge in [0.1, 0.15) is 5.52 Å². The van der Waals surface area contributed by atoms with Crippen LogP contribution in [-0.4, -0.2) is 4.98 Å². The summed E-state index contributed by atoms with van der Waals surface area (Å²) in [7, 11) is 0. The second-order valence-corrected chi connectivity index (χ2v) is 3.86. The predicted molar refractivity (Wildman–Crippen MR) is 55.7 cm³/mol. The lowest BCUT2D eigenvalue weighted by atomic mass is 10.0. The van der Waals surface area contributed by atoms with Crippen LogP contribution in [0.3, 0.4) is 0 Å². The highest BCUT2D eigenvalue weighted by molar-refractivity contribution is 5.79. The molecule has 0 aliphatic heterocycles. The molecule has 2 rings (SSSR count). The minimum absolute atomic E-state index is 0.0967. The Balaban J connectivity index is 2.70. The van der Waals surface area contributed by atoms with Crippen molar-refractivity contribution >= 4 is 10.9 Å². The number of nitrogens with zero attached hydrogens (tertiary/aromatic N) is 1. The smallest absolute Gasteiger partial charge is 0.184 e. The molecule has 3 heteroatoms. The highest BCUT2D eigenvalue weighted by Gasteiger charge is 2.09. The molecule has 0 saturated carbocycles. The molecule has 0 aliphatic rings. The Kier molecular flexibility index (Phi) is 2.39. The Morgan fingerprint density at radius 1 is 1.20 bits per heavy atom. The van der Waals surface area contributed by atoms with Crippen molar-refractivity contribution in [1.29, 1.82) is 0 Å². The third kappa shape index (κ3) is 1.69. The summed E-state index contributed by atoms with van der Waals surface area (Å²) in [6, 6.07) is 4.52. The summed E-state index contributed by atoms with van der Waals surface area (Å²) in [5, 5.41) is 0.639. The van der Waals surface area contributed by atoms with Crippen LogP contribution in [0.5, 0.6) is 0 Å². The van der Waals surface area contributed by atoms with E-state index in [-0.39, 0.29) is 5.52 Å². The Morgan fingerprint density at radius 3 is 2.60 bits per heavy atom. The lowest BCUT2D eigenvalue weighted by Gasteiger charge is -2.06. The van der Waals surface area contributed by atoms with Crippen molar-refractivity contribution in [3.63, 3.8) is 0 Å². The van der Waals surface area contributed by atoms with Crippen LogP contribution in [-0.2, 0) is 0 Å². The summed E-state index contributed by atoms with van der Waals surface area (Å²) < 4.78 is 26.2. The fourth-order valence-electron chi connectivity index (χ4n) is 1.47. The summed E-state index contributed by atoms with van der Waals surface area (Å²) in [5.74, 6) is -1.40. The number of hydrogen-bond acceptors (Lipinski definition) is 1. The van der Waals surface area contributed by atoms with Crippen molar-refractivity contribution < 1.29 is 8.78 Å². The van der Waals surface area contributed by atoms with Crippen LogP contribution in [0.15, 0.2) is 24.4 Å². The number of halogens is 2. The van der Waals surface area contributed by atoms with E-state index in [2.05, 4.69) is 4.98 Å². The third-order valence-corrected chi connectivity index (χ3v) is 2.43. The third-order valence-electron chi connectivity index (χ3n) is 2.43. The topological polar surface area (TPSA) is 12.9 Å². The molecule has 0 aliphatic carbocycles. The van der Waals surface area contributed by atoms with Gasteiger partial charge in [-0.1, -0.05) is 13.8 Å². The molecule has 0 bridgehead atoms. The highest BCUT2D eigenvalue weighted by Crippen LogP contribution is 2.22. The summed E-state index contributed by atoms with van der Waals surface area (Å²) in [6.45, 7) is 4.06. The van der Waals surface area contributed by atoms with E-state index >= 15 is 0 Å². The fourth-order valence-corrected chi connectivity index (χ4v) is 1.47. The molecule has 15 heavy (non-hydrogen) atoms. The summed E-state index contributed by atoms with van der Waals surface area (Å²) in [4.78, 5) is 3.95. The van der Waals surface area contributed by atoms with Crippen molar-refractivity contribution in [2.45, 2.75) is 19.8 Å². The largest absolute Gasteiger partial charge is 0.253 e. The molecule has 0 saturated heterocycles. The molecule has 1 aromatic heterocycles. The first-order valence-electron chi connectivity index (χ1n) is 4.83. The van der Waals surface area contributed by atoms with Crippen LogP contribution in [0, 0.1) is 11.6 Å². The molecule has 0 unspecified atom stereocenters. The molecule has 1 nitrogen and oxygen atoms in total. The number of aromatic nitrogens is 1. The van der Waals surface area contributed by atoms with E-state index in [4.69, 9.17) is 0 Å². The van der Waals surface area contributed by atoms with Gasteiger partial charge in [-0.2, -0.15) is 0 Å². The zero-order valence-corrected chi connectivity index (χ0v) is 8.59. The van der Waals surface area contributed by atoms with Gasteiger partial charge in [-0.3, -0.25) is 4.98 Å². The molecule has 0 spiro atoms. The lowest BCUT2D eigenvalue weighted by Crippen LogP contribution is -1.93. The van der Waals surface area contributed by atoms with Crippen LogP contribution in [0.1, 0.15) is 25.3 Å². The van der Waals surface area contributed by atoms with Gasteiger partial charge in [-0.15, -0.1) is 0 Å². The molecular formula is C12H11F2N. The van der Waals surface area contributed by atoms with E-state index < -0.39 is 11.6 Å². The van der Waals surface area contributed by atoms with E-state index in [1.165, 1.54) is 0 Å². The molecule has 1 heterocycles. The van der Waals surface area contributed by atoms with Gasteiger partial charge in [0.25, 0.3) is 0 Å². The number of hydrogen-bond donors (Lipinski definition) is 0. The number of benzene rings is 1. The second-order valence-electron chi connectivity index (χ2n) is 3.86. The van der Waals surface area contributed by atoms with Gasteiger partial charge >= 0.3 is 0 Å². The van der Waals surface area contributed by atoms with E-state index in [1.807, 2.05) is 19.9 Å². The number of pyridine rings is 1. The van der Waals surface area contributed by atoms with Gasteiger partial charge in [0.2, 0.25) is 0 Å². The predicted octanol–water partition coefficient (Wildman–Crippen LogP) is 3.64. The highest BCUT2D eigenvalue weighted by atomic mass is 19.2. The maximum atomic E-state index is 13.3. The monoisotopic (exact) mass is 207 g/mol. The van der Waals surface area contributed by atoms with Crippen molar-refractivity contribution in [2.24, 2.45) is 0 Å². The van der Waals surface area contributed by atoms with Crippen molar-refractivity contribution in [2.75, 3.05) is 0 Å². The van der Waals surface area contributed by atoms with Crippen LogP contribution < -0.4 is 0 Å². The van der Waals surface area contributed by atoms with Crippen LogP contribution in [0.25, 0.3) is 10.9 Å². The van der Waals surface area contributed by atoms with E-state index in [9.17, 15) is 8.78 Å². The Bertz CT molecular complexity index is 506. The molecule has 1 aromatic carbocycles. The number of rotatable bonds is 1. The normalized spacial score (nSPS) is 11.3. The van der Waals surface area contributed by atoms with Crippen LogP contribution >= 0.6 is 0 Å². The first-order valence-corrected chi connectivity index (χ1v) is 4.83. The first kappa shape index (κ1) is 10.0. The first-order chi connectivity index (χ1) is 7.09. The summed E-state index contributed by atoms with van der Waals surface area (Å²) >= 11 is 0. The maximum Gasteiger partial charge on any atom is 0.184 e. The standard InChI is InChI=1S/C12H11F2N/c1-7(2)9-5-8-3-4-10(13)11(14)12(8)15-6-9/h3-7H,1-2H3. The minimum atomic E-state index is -0.872. The average Bonchev–Trinajstić information content (AvgIpc) is 2.23. The number of fused-ring (bicyclic) bond motifs is 1. The zero-order valence-electron chi connectivity index (χ0n) is 8.59. The Labute approximate surface area is 86.8 Å².